The highest BCUT2D eigenvalue weighted by Crippen LogP contribution is 2.25. The molecule has 3 heterocycles. The molecule has 0 unspecified atom stereocenters. The number of hydrogen-bond acceptors (Lipinski definition) is 3. The molecule has 1 saturated heterocycles. The topological polar surface area (TPSA) is 44.0 Å². The van der Waals surface area contributed by atoms with E-state index >= 15 is 0 Å². The molecule has 0 bridgehead atoms. The molecule has 1 aromatic rings. The van der Waals surface area contributed by atoms with Crippen LogP contribution in [0.3, 0.4) is 0 Å². The molecule has 0 aromatic carbocycles. The standard InChI is InChI=1S/C11H18N4/c1-2-6-15(7-3-1)11-9-8-12-5-4-10(9)13-14-11/h12H,1-8H2,(H,13,14). The Kier molecular flexibility index (Phi) is 2.37. The fourth-order valence-electron chi connectivity index (χ4n) is 2.58. The van der Waals surface area contributed by atoms with E-state index in [-0.39, 0.29) is 0 Å². The third-order valence-electron chi connectivity index (χ3n) is 3.44. The van der Waals surface area contributed by atoms with Crippen LogP contribution in [0.2, 0.25) is 0 Å². The molecule has 3 rings (SSSR count). The van der Waals surface area contributed by atoms with E-state index in [4.69, 9.17) is 0 Å². The Labute approximate surface area is 90.0 Å². The van der Waals surface area contributed by atoms with Crippen molar-refractivity contribution in [3.8, 4) is 0 Å². The lowest BCUT2D eigenvalue weighted by Gasteiger charge is -2.28. The minimum absolute atomic E-state index is 0.984. The van der Waals surface area contributed by atoms with Gasteiger partial charge in [-0.1, -0.05) is 0 Å². The van der Waals surface area contributed by atoms with Gasteiger partial charge in [-0.25, -0.2) is 0 Å². The molecular formula is C11H18N4. The number of anilines is 1. The molecule has 2 aliphatic heterocycles. The Bertz CT molecular complexity index is 338. The summed E-state index contributed by atoms with van der Waals surface area (Å²) in [6, 6.07) is 0. The minimum atomic E-state index is 0.984. The van der Waals surface area contributed by atoms with Crippen molar-refractivity contribution in [2.75, 3.05) is 24.5 Å². The van der Waals surface area contributed by atoms with Gasteiger partial charge >= 0.3 is 0 Å². The zero-order valence-electron chi connectivity index (χ0n) is 9.05. The molecule has 0 aliphatic carbocycles. The lowest BCUT2D eigenvalue weighted by Crippen LogP contribution is -2.32. The number of H-pyrrole nitrogens is 1. The molecule has 82 valence electrons. The Morgan fingerprint density at radius 3 is 2.87 bits per heavy atom. The van der Waals surface area contributed by atoms with Gasteiger partial charge in [0.25, 0.3) is 0 Å². The van der Waals surface area contributed by atoms with E-state index in [0.717, 1.165) is 19.5 Å². The molecule has 15 heavy (non-hydrogen) atoms. The van der Waals surface area contributed by atoms with Crippen LogP contribution >= 0.6 is 0 Å². The maximum atomic E-state index is 4.48. The quantitative estimate of drug-likeness (QED) is 0.721. The van der Waals surface area contributed by atoms with Gasteiger partial charge in [-0.05, 0) is 19.3 Å². The highest BCUT2D eigenvalue weighted by Gasteiger charge is 2.21. The van der Waals surface area contributed by atoms with Crippen LogP contribution in [0.15, 0.2) is 0 Å². The minimum Gasteiger partial charge on any atom is -0.355 e. The zero-order valence-corrected chi connectivity index (χ0v) is 9.05. The first-order valence-electron chi connectivity index (χ1n) is 5.97. The van der Waals surface area contributed by atoms with Gasteiger partial charge in [0, 0.05) is 43.9 Å². The van der Waals surface area contributed by atoms with Gasteiger partial charge in [-0.15, -0.1) is 0 Å². The largest absolute Gasteiger partial charge is 0.355 e. The maximum absolute atomic E-state index is 4.48. The summed E-state index contributed by atoms with van der Waals surface area (Å²) in [4.78, 5) is 2.44. The molecule has 0 amide bonds. The number of hydrogen-bond donors (Lipinski definition) is 2. The van der Waals surface area contributed by atoms with Crippen LogP contribution in [0, 0.1) is 0 Å². The number of rotatable bonds is 1. The van der Waals surface area contributed by atoms with Crippen LogP contribution in [0.1, 0.15) is 30.5 Å². The second-order valence-electron chi connectivity index (χ2n) is 4.48. The van der Waals surface area contributed by atoms with Crippen LogP contribution in [0.5, 0.6) is 0 Å². The first kappa shape index (κ1) is 9.21. The second-order valence-corrected chi connectivity index (χ2v) is 4.48. The summed E-state index contributed by atoms with van der Waals surface area (Å²) in [7, 11) is 0. The first-order valence-corrected chi connectivity index (χ1v) is 5.97. The summed E-state index contributed by atoms with van der Waals surface area (Å²) in [5, 5.41) is 11.1. The van der Waals surface area contributed by atoms with Crippen LogP contribution in [-0.2, 0) is 13.0 Å². The molecule has 4 heteroatoms. The van der Waals surface area contributed by atoms with Crippen molar-refractivity contribution in [3.63, 3.8) is 0 Å². The maximum Gasteiger partial charge on any atom is 0.155 e. The van der Waals surface area contributed by atoms with Crippen molar-refractivity contribution in [1.29, 1.82) is 0 Å². The van der Waals surface area contributed by atoms with Gasteiger partial charge < -0.3 is 10.2 Å². The summed E-state index contributed by atoms with van der Waals surface area (Å²) in [6.45, 7) is 4.42. The predicted molar refractivity (Wildman–Crippen MR) is 60.1 cm³/mol. The number of nitrogens with one attached hydrogen (secondary N) is 2. The second kappa shape index (κ2) is 3.85. The average Bonchev–Trinajstić information content (AvgIpc) is 2.74. The van der Waals surface area contributed by atoms with E-state index in [1.165, 1.54) is 49.4 Å². The molecular weight excluding hydrogens is 188 g/mol. The van der Waals surface area contributed by atoms with E-state index in [9.17, 15) is 0 Å². The summed E-state index contributed by atoms with van der Waals surface area (Å²) < 4.78 is 0. The van der Waals surface area contributed by atoms with Crippen LogP contribution in [0.25, 0.3) is 0 Å². The Morgan fingerprint density at radius 2 is 2.00 bits per heavy atom. The van der Waals surface area contributed by atoms with Crippen molar-refractivity contribution in [3.05, 3.63) is 11.3 Å². The Hall–Kier alpha value is -1.03. The molecule has 0 saturated carbocycles. The predicted octanol–water partition coefficient (Wildman–Crippen LogP) is 1.05. The van der Waals surface area contributed by atoms with Crippen molar-refractivity contribution in [1.82, 2.24) is 15.5 Å². The van der Waals surface area contributed by atoms with Gasteiger partial charge in [0.2, 0.25) is 0 Å². The van der Waals surface area contributed by atoms with Gasteiger partial charge in [-0.3, -0.25) is 5.10 Å². The Balaban J connectivity index is 1.87. The van der Waals surface area contributed by atoms with Crippen LogP contribution in [-0.4, -0.2) is 29.8 Å². The van der Waals surface area contributed by atoms with E-state index in [2.05, 4.69) is 20.4 Å². The van der Waals surface area contributed by atoms with Gasteiger partial charge in [0.15, 0.2) is 5.82 Å². The monoisotopic (exact) mass is 206 g/mol. The molecule has 0 radical (unpaired) electrons. The van der Waals surface area contributed by atoms with Gasteiger partial charge in [0.1, 0.15) is 0 Å². The first-order chi connectivity index (χ1) is 7.45. The van der Waals surface area contributed by atoms with Crippen molar-refractivity contribution < 1.29 is 0 Å². The van der Waals surface area contributed by atoms with E-state index in [0.29, 0.717) is 0 Å². The zero-order chi connectivity index (χ0) is 10.1. The summed E-state index contributed by atoms with van der Waals surface area (Å²) in [5.41, 5.74) is 2.75. The third kappa shape index (κ3) is 1.63. The van der Waals surface area contributed by atoms with Gasteiger partial charge in [-0.2, -0.15) is 5.10 Å². The number of fused-ring (bicyclic) bond motifs is 1. The highest BCUT2D eigenvalue weighted by molar-refractivity contribution is 5.50. The third-order valence-corrected chi connectivity index (χ3v) is 3.44. The molecule has 1 aromatic heterocycles. The Morgan fingerprint density at radius 1 is 1.13 bits per heavy atom. The van der Waals surface area contributed by atoms with E-state index in [1.54, 1.807) is 0 Å². The summed E-state index contributed by atoms with van der Waals surface area (Å²) in [6.07, 6.45) is 5.10. The summed E-state index contributed by atoms with van der Waals surface area (Å²) in [5.74, 6) is 1.21. The van der Waals surface area contributed by atoms with Gasteiger partial charge in [0.05, 0.1) is 0 Å². The SMILES string of the molecule is C1CCN(c2n[nH]c3c2CNCC3)CC1. The number of nitrogens with zero attached hydrogens (tertiary/aromatic N) is 2. The molecule has 2 N–H and O–H groups in total. The smallest absolute Gasteiger partial charge is 0.155 e. The lowest BCUT2D eigenvalue weighted by molar-refractivity contribution is 0.568. The molecule has 0 atom stereocenters. The van der Waals surface area contributed by atoms with Crippen molar-refractivity contribution in [2.45, 2.75) is 32.2 Å². The van der Waals surface area contributed by atoms with Crippen LogP contribution < -0.4 is 10.2 Å². The van der Waals surface area contributed by atoms with E-state index < -0.39 is 0 Å². The van der Waals surface area contributed by atoms with E-state index in [1.807, 2.05) is 0 Å². The normalized spacial score (nSPS) is 21.5. The number of aromatic nitrogens is 2. The number of aromatic amines is 1. The van der Waals surface area contributed by atoms with Crippen LogP contribution in [0.4, 0.5) is 5.82 Å². The molecule has 4 nitrogen and oxygen atoms in total. The number of piperidine rings is 1. The fourth-order valence-corrected chi connectivity index (χ4v) is 2.58. The molecule has 1 fully saturated rings. The molecule has 2 aliphatic rings. The average molecular weight is 206 g/mol. The summed E-state index contributed by atoms with van der Waals surface area (Å²) >= 11 is 0. The highest BCUT2D eigenvalue weighted by atomic mass is 15.3. The lowest BCUT2D eigenvalue weighted by atomic mass is 10.1. The van der Waals surface area contributed by atoms with Crippen molar-refractivity contribution >= 4 is 5.82 Å². The fraction of sp³-hybridized carbons (Fsp3) is 0.727. The molecule has 0 spiro atoms. The van der Waals surface area contributed by atoms with Crippen molar-refractivity contribution in [2.24, 2.45) is 0 Å².